The van der Waals surface area contributed by atoms with Crippen LogP contribution in [0.15, 0.2) is 6.20 Å². The molecule has 0 aliphatic heterocycles. The molecule has 0 aliphatic carbocycles. The van der Waals surface area contributed by atoms with Crippen molar-refractivity contribution in [1.29, 1.82) is 0 Å². The lowest BCUT2D eigenvalue weighted by atomic mass is 10.5. The molecule has 0 unspecified atom stereocenters. The second-order valence-corrected chi connectivity index (χ2v) is 5.25. The van der Waals surface area contributed by atoms with Gasteiger partial charge in [0.15, 0.2) is 5.69 Å². The summed E-state index contributed by atoms with van der Waals surface area (Å²) in [7, 11) is 0. The molecule has 0 bridgehead atoms. The van der Waals surface area contributed by atoms with Gasteiger partial charge in [-0.25, -0.2) is 4.68 Å². The molecule has 0 aromatic carbocycles. The first-order valence-corrected chi connectivity index (χ1v) is 7.79. The first kappa shape index (κ1) is 15.2. The Labute approximate surface area is 127 Å². The van der Waals surface area contributed by atoms with Crippen LogP contribution in [0.2, 0.25) is 0 Å². The highest BCUT2D eigenvalue weighted by Gasteiger charge is 2.05. The number of ether oxygens (including phenoxy) is 1. The van der Waals surface area contributed by atoms with Gasteiger partial charge >= 0.3 is 0 Å². The van der Waals surface area contributed by atoms with Crippen molar-refractivity contribution in [3.8, 4) is 0 Å². The van der Waals surface area contributed by atoms with Crippen molar-refractivity contribution in [1.82, 2.24) is 20.3 Å². The molecule has 0 fully saturated rings. The number of halogens is 2. The van der Waals surface area contributed by atoms with Gasteiger partial charge in [-0.15, -0.1) is 5.10 Å². The van der Waals surface area contributed by atoms with Crippen LogP contribution in [0.4, 0.5) is 0 Å². The van der Waals surface area contributed by atoms with Crippen LogP contribution in [-0.2, 0) is 11.3 Å². The quantitative estimate of drug-likeness (QED) is 0.255. The van der Waals surface area contributed by atoms with E-state index in [2.05, 4.69) is 38.2 Å². The molecule has 1 rings (SSSR count). The molecule has 0 saturated carbocycles. The zero-order valence-electron chi connectivity index (χ0n) is 9.23. The van der Waals surface area contributed by atoms with E-state index in [1.165, 1.54) is 0 Å². The van der Waals surface area contributed by atoms with Crippen LogP contribution < -0.4 is 5.32 Å². The number of hydrogen-bond donors (Lipinski definition) is 1. The molecule has 0 aliphatic rings. The molecule has 1 heterocycles. The van der Waals surface area contributed by atoms with Crippen molar-refractivity contribution >= 4 is 49.0 Å². The standard InChI is InChI=1S/C9H14I2N4O2/c10-1-2-12-3-5-17-6-4-15-7-8(9(11)16)13-14-15/h7,12H,1-6H2. The number of aromatic nitrogens is 3. The predicted octanol–water partition coefficient (Wildman–Crippen LogP) is 0.894. The third kappa shape index (κ3) is 6.62. The minimum atomic E-state index is -0.0993. The summed E-state index contributed by atoms with van der Waals surface area (Å²) in [4.78, 5) is 11.0. The minimum Gasteiger partial charge on any atom is -0.378 e. The topological polar surface area (TPSA) is 69.0 Å². The van der Waals surface area contributed by atoms with Gasteiger partial charge in [0.1, 0.15) is 0 Å². The highest BCUT2D eigenvalue weighted by Crippen LogP contribution is 2.00. The van der Waals surface area contributed by atoms with Crippen molar-refractivity contribution in [2.24, 2.45) is 0 Å². The van der Waals surface area contributed by atoms with Gasteiger partial charge in [-0.1, -0.05) is 27.8 Å². The lowest BCUT2D eigenvalue weighted by Crippen LogP contribution is -2.22. The molecule has 0 saturated heterocycles. The predicted molar refractivity (Wildman–Crippen MR) is 80.9 cm³/mol. The second kappa shape index (κ2) is 9.16. The number of rotatable bonds is 9. The number of alkyl halides is 1. The summed E-state index contributed by atoms with van der Waals surface area (Å²) >= 11 is 4.01. The third-order valence-electron chi connectivity index (χ3n) is 1.90. The number of nitrogens with zero attached hydrogens (tertiary/aromatic N) is 3. The number of carbonyl (C=O) groups excluding carboxylic acids is 1. The third-order valence-corrected chi connectivity index (χ3v) is 2.99. The van der Waals surface area contributed by atoms with Crippen molar-refractivity contribution in [2.75, 3.05) is 30.7 Å². The lowest BCUT2D eigenvalue weighted by molar-refractivity contribution is 0.110. The molecule has 0 spiro atoms. The summed E-state index contributed by atoms with van der Waals surface area (Å²) in [5.41, 5.74) is 0.384. The Bertz CT molecular complexity index is 345. The average Bonchev–Trinajstić information content (AvgIpc) is 2.77. The Balaban J connectivity index is 2.07. The van der Waals surface area contributed by atoms with Gasteiger partial charge in [-0.05, 0) is 0 Å². The van der Waals surface area contributed by atoms with E-state index in [1.54, 1.807) is 33.5 Å². The molecule has 0 amide bonds. The molecular weight excluding hydrogens is 450 g/mol. The van der Waals surface area contributed by atoms with E-state index >= 15 is 0 Å². The molecule has 8 heteroatoms. The van der Waals surface area contributed by atoms with Crippen LogP contribution in [0.25, 0.3) is 0 Å². The van der Waals surface area contributed by atoms with E-state index < -0.39 is 0 Å². The van der Waals surface area contributed by atoms with Gasteiger partial charge in [0.2, 0.25) is 3.79 Å². The molecule has 0 radical (unpaired) electrons. The second-order valence-electron chi connectivity index (χ2n) is 3.19. The summed E-state index contributed by atoms with van der Waals surface area (Å²) in [5.74, 6) is 0. The van der Waals surface area contributed by atoms with Gasteiger partial charge in [0.25, 0.3) is 0 Å². The highest BCUT2D eigenvalue weighted by atomic mass is 127. The maximum Gasteiger partial charge on any atom is 0.244 e. The molecule has 6 nitrogen and oxygen atoms in total. The van der Waals surface area contributed by atoms with Crippen LogP contribution in [0.5, 0.6) is 0 Å². The van der Waals surface area contributed by atoms with Crippen molar-refractivity contribution in [2.45, 2.75) is 6.54 Å². The number of carbonyl (C=O) groups is 1. The summed E-state index contributed by atoms with van der Waals surface area (Å²) in [6.07, 6.45) is 1.63. The number of nitrogens with one attached hydrogen (secondary N) is 1. The molecule has 17 heavy (non-hydrogen) atoms. The van der Waals surface area contributed by atoms with E-state index in [-0.39, 0.29) is 3.79 Å². The Morgan fingerprint density at radius 2 is 2.29 bits per heavy atom. The van der Waals surface area contributed by atoms with E-state index in [4.69, 9.17) is 4.74 Å². The van der Waals surface area contributed by atoms with Crippen LogP contribution in [0, 0.1) is 0 Å². The summed E-state index contributed by atoms with van der Waals surface area (Å²) in [6, 6.07) is 0. The molecule has 1 aromatic heterocycles. The molecule has 0 atom stereocenters. The summed E-state index contributed by atoms with van der Waals surface area (Å²) in [5, 5.41) is 10.8. The normalized spacial score (nSPS) is 10.7. The zero-order valence-corrected chi connectivity index (χ0v) is 13.5. The van der Waals surface area contributed by atoms with Crippen LogP contribution in [0.3, 0.4) is 0 Å². The maximum absolute atomic E-state index is 11.0. The molecule has 1 aromatic rings. The largest absolute Gasteiger partial charge is 0.378 e. The SMILES string of the molecule is O=C(I)c1cn(CCOCCNCCI)nn1. The van der Waals surface area contributed by atoms with Gasteiger partial charge in [0.05, 0.1) is 26.0 Å². The summed E-state index contributed by atoms with van der Waals surface area (Å²) in [6.45, 7) is 3.74. The van der Waals surface area contributed by atoms with Crippen molar-refractivity contribution in [3.63, 3.8) is 0 Å². The molecule has 1 N–H and O–H groups in total. The van der Waals surface area contributed by atoms with Crippen LogP contribution >= 0.6 is 45.2 Å². The van der Waals surface area contributed by atoms with Gasteiger partial charge in [0, 0.05) is 40.1 Å². The fourth-order valence-corrected chi connectivity index (χ4v) is 1.72. The first-order chi connectivity index (χ1) is 8.24. The monoisotopic (exact) mass is 464 g/mol. The fraction of sp³-hybridized carbons (Fsp3) is 0.667. The first-order valence-electron chi connectivity index (χ1n) is 5.18. The van der Waals surface area contributed by atoms with E-state index in [9.17, 15) is 4.79 Å². The smallest absolute Gasteiger partial charge is 0.244 e. The lowest BCUT2D eigenvalue weighted by Gasteiger charge is -2.04. The Kier molecular flexibility index (Phi) is 8.22. The minimum absolute atomic E-state index is 0.0993. The highest BCUT2D eigenvalue weighted by molar-refractivity contribution is 14.1. The molecular formula is C9H14I2N4O2. The van der Waals surface area contributed by atoms with Crippen LogP contribution in [-0.4, -0.2) is 49.5 Å². The fourth-order valence-electron chi connectivity index (χ4n) is 1.09. The van der Waals surface area contributed by atoms with E-state index in [1.807, 2.05) is 0 Å². The van der Waals surface area contributed by atoms with Crippen LogP contribution in [0.1, 0.15) is 10.5 Å². The van der Waals surface area contributed by atoms with Crippen molar-refractivity contribution < 1.29 is 9.53 Å². The van der Waals surface area contributed by atoms with Gasteiger partial charge in [-0.3, -0.25) is 4.79 Å². The Morgan fingerprint density at radius 3 is 2.94 bits per heavy atom. The van der Waals surface area contributed by atoms with E-state index in [0.29, 0.717) is 25.5 Å². The van der Waals surface area contributed by atoms with Gasteiger partial charge < -0.3 is 10.1 Å². The molecule has 96 valence electrons. The zero-order chi connectivity index (χ0) is 12.5. The summed E-state index contributed by atoms with van der Waals surface area (Å²) < 4.78 is 8.03. The van der Waals surface area contributed by atoms with Crippen molar-refractivity contribution in [3.05, 3.63) is 11.9 Å². The Morgan fingerprint density at radius 1 is 1.47 bits per heavy atom. The Hall–Kier alpha value is 0.190. The average molecular weight is 464 g/mol. The maximum atomic E-state index is 11.0. The number of hydrogen-bond acceptors (Lipinski definition) is 5. The van der Waals surface area contributed by atoms with E-state index in [0.717, 1.165) is 17.5 Å². The van der Waals surface area contributed by atoms with Gasteiger partial charge in [-0.2, -0.15) is 0 Å².